The van der Waals surface area contributed by atoms with E-state index in [0.717, 1.165) is 17.7 Å². The van der Waals surface area contributed by atoms with Crippen molar-refractivity contribution in [2.45, 2.75) is 26.8 Å². The van der Waals surface area contributed by atoms with Crippen molar-refractivity contribution in [2.24, 2.45) is 5.92 Å². The first-order chi connectivity index (χ1) is 16.5. The summed E-state index contributed by atoms with van der Waals surface area (Å²) in [5, 5.41) is 2.94. The predicted molar refractivity (Wildman–Crippen MR) is 133 cm³/mol. The lowest BCUT2D eigenvalue weighted by Crippen LogP contribution is -2.22. The summed E-state index contributed by atoms with van der Waals surface area (Å²) in [6.07, 6.45) is 0.976. The molecule has 0 saturated heterocycles. The van der Waals surface area contributed by atoms with Crippen LogP contribution in [0.3, 0.4) is 0 Å². The van der Waals surface area contributed by atoms with E-state index in [1.54, 1.807) is 25.3 Å². The summed E-state index contributed by atoms with van der Waals surface area (Å²) in [6, 6.07) is 22.4. The molecule has 3 aromatic rings. The van der Waals surface area contributed by atoms with Gasteiger partial charge < -0.3 is 24.3 Å². The third kappa shape index (κ3) is 8.03. The molecule has 0 spiro atoms. The number of amides is 1. The standard InChI is InChI=1S/C28H33NO5/c1-21(2)14-15-34-26-13-12-22(18-27(26)31-3)20-29-28(30)23-8-7-11-25(19-23)33-17-16-32-24-9-5-4-6-10-24/h4-13,18-19,21H,14-17,20H2,1-3H3,(H,29,30). The molecule has 3 aromatic carbocycles. The van der Waals surface area contributed by atoms with Crippen molar-refractivity contribution in [1.82, 2.24) is 5.32 Å². The quantitative estimate of drug-likeness (QED) is 0.339. The van der Waals surface area contributed by atoms with Crippen molar-refractivity contribution in [3.05, 3.63) is 83.9 Å². The minimum Gasteiger partial charge on any atom is -0.493 e. The highest BCUT2D eigenvalue weighted by Crippen LogP contribution is 2.28. The molecule has 0 saturated carbocycles. The molecule has 0 aliphatic heterocycles. The molecule has 6 nitrogen and oxygen atoms in total. The maximum Gasteiger partial charge on any atom is 0.251 e. The molecule has 0 aliphatic carbocycles. The molecule has 0 bridgehead atoms. The van der Waals surface area contributed by atoms with Crippen LogP contribution in [0.5, 0.6) is 23.0 Å². The summed E-state index contributed by atoms with van der Waals surface area (Å²) >= 11 is 0. The maximum absolute atomic E-state index is 12.7. The number of nitrogens with one attached hydrogen (secondary N) is 1. The lowest BCUT2D eigenvalue weighted by molar-refractivity contribution is 0.0950. The Morgan fingerprint density at radius 1 is 0.794 bits per heavy atom. The number of para-hydroxylation sites is 1. The van der Waals surface area contributed by atoms with Crippen LogP contribution in [0.1, 0.15) is 36.2 Å². The second-order valence-corrected chi connectivity index (χ2v) is 8.24. The van der Waals surface area contributed by atoms with Gasteiger partial charge in [0.05, 0.1) is 13.7 Å². The van der Waals surface area contributed by atoms with Crippen LogP contribution in [-0.4, -0.2) is 32.8 Å². The normalized spacial score (nSPS) is 10.6. The predicted octanol–water partition coefficient (Wildman–Crippen LogP) is 5.51. The van der Waals surface area contributed by atoms with E-state index in [2.05, 4.69) is 19.2 Å². The Hall–Kier alpha value is -3.67. The molecule has 0 radical (unpaired) electrons. The van der Waals surface area contributed by atoms with Gasteiger partial charge in [-0.05, 0) is 60.4 Å². The Labute approximate surface area is 201 Å². The minimum atomic E-state index is -0.179. The van der Waals surface area contributed by atoms with Gasteiger partial charge in [0.15, 0.2) is 11.5 Å². The molecule has 1 amide bonds. The fourth-order valence-electron chi connectivity index (χ4n) is 3.19. The fourth-order valence-corrected chi connectivity index (χ4v) is 3.19. The Kier molecular flexibility index (Phi) is 9.65. The van der Waals surface area contributed by atoms with Gasteiger partial charge in [-0.25, -0.2) is 0 Å². The van der Waals surface area contributed by atoms with Crippen molar-refractivity contribution in [1.29, 1.82) is 0 Å². The first kappa shape index (κ1) is 25.0. The summed E-state index contributed by atoms with van der Waals surface area (Å²) in [5.41, 5.74) is 1.45. The summed E-state index contributed by atoms with van der Waals surface area (Å²) in [6.45, 7) is 6.13. The van der Waals surface area contributed by atoms with Crippen molar-refractivity contribution >= 4 is 5.91 Å². The molecule has 0 aliphatic rings. The van der Waals surface area contributed by atoms with Crippen LogP contribution in [0.25, 0.3) is 0 Å². The van der Waals surface area contributed by atoms with Crippen LogP contribution >= 0.6 is 0 Å². The first-order valence-corrected chi connectivity index (χ1v) is 11.5. The Morgan fingerprint density at radius 3 is 2.26 bits per heavy atom. The van der Waals surface area contributed by atoms with E-state index in [1.165, 1.54) is 0 Å². The highest BCUT2D eigenvalue weighted by Gasteiger charge is 2.10. The molecule has 0 unspecified atom stereocenters. The second kappa shape index (κ2) is 13.1. The van der Waals surface area contributed by atoms with Gasteiger partial charge in [-0.1, -0.05) is 44.2 Å². The van der Waals surface area contributed by atoms with E-state index in [4.69, 9.17) is 18.9 Å². The van der Waals surface area contributed by atoms with E-state index in [0.29, 0.717) is 55.1 Å². The monoisotopic (exact) mass is 463 g/mol. The number of methoxy groups -OCH3 is 1. The van der Waals surface area contributed by atoms with Crippen molar-refractivity contribution in [3.63, 3.8) is 0 Å². The molecule has 180 valence electrons. The van der Waals surface area contributed by atoms with Gasteiger partial charge in [0.2, 0.25) is 0 Å². The van der Waals surface area contributed by atoms with Crippen molar-refractivity contribution < 1.29 is 23.7 Å². The zero-order chi connectivity index (χ0) is 24.2. The summed E-state index contributed by atoms with van der Waals surface area (Å²) in [5.74, 6) is 3.18. The lowest BCUT2D eigenvalue weighted by atomic mass is 10.1. The molecule has 6 heteroatoms. The average Bonchev–Trinajstić information content (AvgIpc) is 2.86. The number of benzene rings is 3. The smallest absolute Gasteiger partial charge is 0.251 e. The topological polar surface area (TPSA) is 66.0 Å². The number of carbonyl (C=O) groups is 1. The van der Waals surface area contributed by atoms with Crippen molar-refractivity contribution in [2.75, 3.05) is 26.9 Å². The van der Waals surface area contributed by atoms with Crippen LogP contribution < -0.4 is 24.3 Å². The van der Waals surface area contributed by atoms with Gasteiger partial charge in [0, 0.05) is 12.1 Å². The number of ether oxygens (including phenoxy) is 4. The van der Waals surface area contributed by atoms with Crippen LogP contribution in [-0.2, 0) is 6.54 Å². The third-order valence-electron chi connectivity index (χ3n) is 5.09. The van der Waals surface area contributed by atoms with E-state index in [1.807, 2.05) is 54.6 Å². The first-order valence-electron chi connectivity index (χ1n) is 11.5. The maximum atomic E-state index is 12.7. The highest BCUT2D eigenvalue weighted by molar-refractivity contribution is 5.94. The van der Waals surface area contributed by atoms with Gasteiger partial charge in [0.25, 0.3) is 5.91 Å². The summed E-state index contributed by atoms with van der Waals surface area (Å²) in [7, 11) is 1.61. The molecular weight excluding hydrogens is 430 g/mol. The third-order valence-corrected chi connectivity index (χ3v) is 5.09. The molecular formula is C28H33NO5. The molecule has 0 heterocycles. The van der Waals surface area contributed by atoms with Crippen LogP contribution in [0.4, 0.5) is 0 Å². The molecule has 1 N–H and O–H groups in total. The number of hydrogen-bond acceptors (Lipinski definition) is 5. The van der Waals surface area contributed by atoms with E-state index in [-0.39, 0.29) is 5.91 Å². The largest absolute Gasteiger partial charge is 0.493 e. The highest BCUT2D eigenvalue weighted by atomic mass is 16.5. The van der Waals surface area contributed by atoms with Gasteiger partial charge in [-0.2, -0.15) is 0 Å². The summed E-state index contributed by atoms with van der Waals surface area (Å²) in [4.78, 5) is 12.7. The molecule has 34 heavy (non-hydrogen) atoms. The zero-order valence-corrected chi connectivity index (χ0v) is 20.1. The van der Waals surface area contributed by atoms with Gasteiger partial charge in [-0.15, -0.1) is 0 Å². The van der Waals surface area contributed by atoms with Crippen molar-refractivity contribution in [3.8, 4) is 23.0 Å². The second-order valence-electron chi connectivity index (χ2n) is 8.24. The van der Waals surface area contributed by atoms with Crippen LogP contribution in [0, 0.1) is 5.92 Å². The number of hydrogen-bond donors (Lipinski definition) is 1. The Balaban J connectivity index is 1.48. The van der Waals surface area contributed by atoms with E-state index >= 15 is 0 Å². The zero-order valence-electron chi connectivity index (χ0n) is 20.1. The SMILES string of the molecule is COc1cc(CNC(=O)c2cccc(OCCOc3ccccc3)c2)ccc1OCCC(C)C. The summed E-state index contributed by atoms with van der Waals surface area (Å²) < 4.78 is 22.7. The fraction of sp³-hybridized carbons (Fsp3) is 0.321. The van der Waals surface area contributed by atoms with Gasteiger partial charge in [0.1, 0.15) is 24.7 Å². The number of carbonyl (C=O) groups excluding carboxylic acids is 1. The minimum absolute atomic E-state index is 0.179. The average molecular weight is 464 g/mol. The Morgan fingerprint density at radius 2 is 1.53 bits per heavy atom. The van der Waals surface area contributed by atoms with Gasteiger partial charge >= 0.3 is 0 Å². The Bertz CT molecular complexity index is 1040. The van der Waals surface area contributed by atoms with E-state index < -0.39 is 0 Å². The number of rotatable bonds is 13. The molecule has 0 fully saturated rings. The van der Waals surface area contributed by atoms with Gasteiger partial charge in [-0.3, -0.25) is 4.79 Å². The van der Waals surface area contributed by atoms with E-state index in [9.17, 15) is 4.79 Å². The van der Waals surface area contributed by atoms with Crippen LogP contribution in [0.15, 0.2) is 72.8 Å². The van der Waals surface area contributed by atoms with Crippen LogP contribution in [0.2, 0.25) is 0 Å². The lowest BCUT2D eigenvalue weighted by Gasteiger charge is -2.13. The molecule has 3 rings (SSSR count). The molecule has 0 aromatic heterocycles. The molecule has 0 atom stereocenters.